The summed E-state index contributed by atoms with van der Waals surface area (Å²) in [5.74, 6) is 1.83. The highest BCUT2D eigenvalue weighted by molar-refractivity contribution is 5.65. The summed E-state index contributed by atoms with van der Waals surface area (Å²) in [7, 11) is 1.65. The molecule has 3 aliphatic heterocycles. The Morgan fingerprint density at radius 3 is 2.88 bits per heavy atom. The van der Waals surface area contributed by atoms with Crippen molar-refractivity contribution in [1.29, 1.82) is 0 Å². The predicted molar refractivity (Wildman–Crippen MR) is 128 cm³/mol. The number of aromatic nitrogens is 2. The Kier molecular flexibility index (Phi) is 6.58. The van der Waals surface area contributed by atoms with Gasteiger partial charge in [0.25, 0.3) is 0 Å². The molecule has 0 radical (unpaired) electrons. The highest BCUT2D eigenvalue weighted by Crippen LogP contribution is 2.48. The van der Waals surface area contributed by atoms with Crippen LogP contribution in [0.2, 0.25) is 0 Å². The number of nitrogens with zero attached hydrogens (tertiary/aromatic N) is 3. The number of piperidine rings is 3. The number of allylic oxidation sites excluding steroid dienone is 1. The number of hydrogen-bond donors (Lipinski definition) is 1. The average Bonchev–Trinajstić information content (AvgIpc) is 2.84. The van der Waals surface area contributed by atoms with Crippen LogP contribution in [-0.2, 0) is 11.3 Å². The van der Waals surface area contributed by atoms with Crippen LogP contribution in [0, 0.1) is 11.8 Å². The summed E-state index contributed by atoms with van der Waals surface area (Å²) in [6.45, 7) is 12.9. The first kappa shape index (κ1) is 22.4. The molecule has 3 saturated heterocycles. The van der Waals surface area contributed by atoms with E-state index in [1.807, 2.05) is 37.5 Å². The Hall–Kier alpha value is -2.76. The highest BCUT2D eigenvalue weighted by atomic mass is 16.5. The number of aliphatic hydroxyl groups excluding tert-OH is 1. The van der Waals surface area contributed by atoms with Crippen molar-refractivity contribution in [3.05, 3.63) is 84.2 Å². The number of ether oxygens (including phenoxy) is 1. The molecule has 2 aromatic heterocycles. The summed E-state index contributed by atoms with van der Waals surface area (Å²) >= 11 is 0. The number of quaternary nitrogens is 1. The van der Waals surface area contributed by atoms with Gasteiger partial charge in [-0.2, -0.15) is 0 Å². The van der Waals surface area contributed by atoms with Crippen LogP contribution in [-0.4, -0.2) is 45.8 Å². The zero-order valence-corrected chi connectivity index (χ0v) is 19.2. The van der Waals surface area contributed by atoms with E-state index in [0.717, 1.165) is 53.1 Å². The Morgan fingerprint density at radius 2 is 2.19 bits per heavy atom. The van der Waals surface area contributed by atoms with E-state index in [4.69, 9.17) is 4.74 Å². The molecule has 5 atom stereocenters. The molecular weight excluding hydrogens is 398 g/mol. The van der Waals surface area contributed by atoms with Gasteiger partial charge in [-0.05, 0) is 42.7 Å². The van der Waals surface area contributed by atoms with Crippen LogP contribution in [0.1, 0.15) is 48.3 Å². The number of rotatable bonds is 8. The highest BCUT2D eigenvalue weighted by Gasteiger charge is 2.54. The molecule has 2 bridgehead atoms. The molecule has 0 aliphatic carbocycles. The smallest absolute Gasteiger partial charge is 0.131 e. The topological polar surface area (TPSA) is 55.2 Å². The van der Waals surface area contributed by atoms with Crippen molar-refractivity contribution in [3.63, 3.8) is 0 Å². The van der Waals surface area contributed by atoms with E-state index in [1.165, 1.54) is 12.0 Å². The standard InChI is InChI=1S/C27H34N3O2/c1-5-21-18-30(17-20-8-7-11-28-16-20)13-10-22(21)15-26(30)27(31)23-9-12-29-25(6-2)24(23)14-19(3)32-4/h5-9,11-12,14,16,21-22,26-27,31H,1-2,10,13,15,17-18H2,3-4H3/q+1/b19-14+/t21?,22?,26-,27+,30?/m0/s1. The minimum atomic E-state index is -0.613. The third kappa shape index (κ3) is 4.15. The van der Waals surface area contributed by atoms with Gasteiger partial charge in [-0.15, -0.1) is 6.58 Å². The summed E-state index contributed by atoms with van der Waals surface area (Å²) in [4.78, 5) is 8.82. The number of pyridine rings is 2. The molecule has 3 fully saturated rings. The van der Waals surface area contributed by atoms with E-state index in [1.54, 1.807) is 19.4 Å². The van der Waals surface area contributed by atoms with Crippen LogP contribution >= 0.6 is 0 Å². The number of hydrogen-bond acceptors (Lipinski definition) is 4. The SMILES string of the molecule is C=Cc1nccc([C@@H](O)[C@@H]2CC3CC[N+]2(Cc2cccnc2)CC3C=C)c1/C=C(\C)OC. The van der Waals surface area contributed by atoms with E-state index >= 15 is 0 Å². The second-order valence-electron chi connectivity index (χ2n) is 9.20. The van der Waals surface area contributed by atoms with Gasteiger partial charge in [0.05, 0.1) is 31.7 Å². The van der Waals surface area contributed by atoms with Gasteiger partial charge in [-0.3, -0.25) is 9.97 Å². The van der Waals surface area contributed by atoms with Crippen LogP contribution < -0.4 is 0 Å². The Morgan fingerprint density at radius 1 is 1.34 bits per heavy atom. The summed E-state index contributed by atoms with van der Waals surface area (Å²) < 4.78 is 6.27. The molecule has 168 valence electrons. The lowest BCUT2D eigenvalue weighted by atomic mass is 9.71. The maximum absolute atomic E-state index is 11.9. The van der Waals surface area contributed by atoms with Gasteiger partial charge < -0.3 is 14.3 Å². The summed E-state index contributed by atoms with van der Waals surface area (Å²) in [5, 5.41) is 11.9. The predicted octanol–water partition coefficient (Wildman–Crippen LogP) is 4.77. The molecule has 32 heavy (non-hydrogen) atoms. The lowest BCUT2D eigenvalue weighted by Crippen LogP contribution is -2.67. The molecule has 0 amide bonds. The number of aliphatic hydroxyl groups is 1. The van der Waals surface area contributed by atoms with E-state index in [2.05, 4.69) is 35.3 Å². The fourth-order valence-electron chi connectivity index (χ4n) is 5.79. The molecule has 3 aliphatic rings. The molecule has 5 rings (SSSR count). The molecule has 3 unspecified atom stereocenters. The van der Waals surface area contributed by atoms with E-state index in [-0.39, 0.29) is 6.04 Å². The first-order valence-corrected chi connectivity index (χ1v) is 11.4. The molecule has 1 N–H and O–H groups in total. The fourth-order valence-corrected chi connectivity index (χ4v) is 5.79. The fraction of sp³-hybridized carbons (Fsp3) is 0.407. The molecule has 5 heteroatoms. The second-order valence-corrected chi connectivity index (χ2v) is 9.20. The molecule has 0 spiro atoms. The maximum atomic E-state index is 11.9. The lowest BCUT2D eigenvalue weighted by molar-refractivity contribution is -0.985. The van der Waals surface area contributed by atoms with Crippen LogP contribution in [0.4, 0.5) is 0 Å². The van der Waals surface area contributed by atoms with Gasteiger partial charge in [0.15, 0.2) is 0 Å². The first-order chi connectivity index (χ1) is 15.5. The third-order valence-electron chi connectivity index (χ3n) is 7.50. The van der Waals surface area contributed by atoms with Crippen molar-refractivity contribution >= 4 is 12.2 Å². The molecule has 5 nitrogen and oxygen atoms in total. The summed E-state index contributed by atoms with van der Waals surface area (Å²) in [6.07, 6.45) is 12.9. The van der Waals surface area contributed by atoms with Crippen molar-refractivity contribution in [1.82, 2.24) is 9.97 Å². The monoisotopic (exact) mass is 432 g/mol. The van der Waals surface area contributed by atoms with Gasteiger partial charge in [0, 0.05) is 48.5 Å². The maximum Gasteiger partial charge on any atom is 0.131 e. The van der Waals surface area contributed by atoms with E-state index in [9.17, 15) is 5.11 Å². The first-order valence-electron chi connectivity index (χ1n) is 11.4. The second kappa shape index (κ2) is 9.39. The zero-order valence-electron chi connectivity index (χ0n) is 19.2. The Balaban J connectivity index is 1.76. The molecule has 0 saturated carbocycles. The van der Waals surface area contributed by atoms with Crippen molar-refractivity contribution in [2.45, 2.75) is 38.5 Å². The largest absolute Gasteiger partial charge is 0.501 e. The van der Waals surface area contributed by atoms with Crippen LogP contribution in [0.25, 0.3) is 12.2 Å². The van der Waals surface area contributed by atoms with Crippen molar-refractivity contribution in [3.8, 4) is 0 Å². The quantitative estimate of drug-likeness (QED) is 0.371. The van der Waals surface area contributed by atoms with Crippen LogP contribution in [0.5, 0.6) is 0 Å². The van der Waals surface area contributed by atoms with Crippen molar-refractivity contribution in [2.24, 2.45) is 11.8 Å². The van der Waals surface area contributed by atoms with Crippen LogP contribution in [0.15, 0.2) is 61.8 Å². The Bertz CT molecular complexity index is 1000. The normalized spacial score (nSPS) is 28.2. The summed E-state index contributed by atoms with van der Waals surface area (Å²) in [5.41, 5.74) is 3.75. The molecule has 5 heterocycles. The average molecular weight is 433 g/mol. The van der Waals surface area contributed by atoms with Gasteiger partial charge in [0.1, 0.15) is 18.7 Å². The molecule has 0 aromatic carbocycles. The number of fused-ring (bicyclic) bond motifs is 3. The van der Waals surface area contributed by atoms with Crippen molar-refractivity contribution in [2.75, 3.05) is 20.2 Å². The zero-order chi connectivity index (χ0) is 22.7. The third-order valence-corrected chi connectivity index (χ3v) is 7.50. The molecular formula is C27H34N3O2+. The van der Waals surface area contributed by atoms with Gasteiger partial charge in [0.2, 0.25) is 0 Å². The Labute approximate surface area is 191 Å². The van der Waals surface area contributed by atoms with E-state index < -0.39 is 6.10 Å². The summed E-state index contributed by atoms with van der Waals surface area (Å²) in [6, 6.07) is 6.18. The molecule has 2 aromatic rings. The van der Waals surface area contributed by atoms with Crippen molar-refractivity contribution < 1.29 is 14.3 Å². The minimum absolute atomic E-state index is 0.0974. The van der Waals surface area contributed by atoms with Gasteiger partial charge in [-0.1, -0.05) is 18.7 Å². The van der Waals surface area contributed by atoms with E-state index in [0.29, 0.717) is 11.8 Å². The minimum Gasteiger partial charge on any atom is -0.501 e. The number of methoxy groups -OCH3 is 1. The van der Waals surface area contributed by atoms with Gasteiger partial charge >= 0.3 is 0 Å². The van der Waals surface area contributed by atoms with Gasteiger partial charge in [-0.25, -0.2) is 0 Å². The van der Waals surface area contributed by atoms with Crippen LogP contribution in [0.3, 0.4) is 0 Å². The lowest BCUT2D eigenvalue weighted by Gasteiger charge is -2.58.